The molecule has 4 heteroatoms. The summed E-state index contributed by atoms with van der Waals surface area (Å²) in [5.41, 5.74) is 2.53. The molecule has 2 rings (SSSR count). The molecule has 0 unspecified atom stereocenters. The maximum atomic E-state index is 11.7. The Bertz CT molecular complexity index is 595. The van der Waals surface area contributed by atoms with E-state index in [2.05, 4.69) is 22.4 Å². The van der Waals surface area contributed by atoms with Gasteiger partial charge in [0.15, 0.2) is 0 Å². The second-order valence-electron chi connectivity index (χ2n) is 4.46. The Balaban J connectivity index is 1.88. The van der Waals surface area contributed by atoms with Gasteiger partial charge in [-0.15, -0.1) is 0 Å². The molecule has 0 fully saturated rings. The molecule has 0 saturated carbocycles. The Morgan fingerprint density at radius 1 is 1.19 bits per heavy atom. The van der Waals surface area contributed by atoms with Gasteiger partial charge < -0.3 is 10.1 Å². The topological polar surface area (TPSA) is 51.2 Å². The molecule has 0 spiro atoms. The van der Waals surface area contributed by atoms with E-state index in [0.717, 1.165) is 12.1 Å². The first-order valence-corrected chi connectivity index (χ1v) is 6.78. The zero-order valence-electron chi connectivity index (χ0n) is 12.0. The fraction of sp³-hybridized carbons (Fsp3) is 0.176. The number of nitrogens with one attached hydrogen (secondary N) is 1. The molecule has 1 aromatic heterocycles. The monoisotopic (exact) mass is 282 g/mol. The van der Waals surface area contributed by atoms with Crippen LogP contribution in [-0.4, -0.2) is 24.6 Å². The number of carbonyl (C=O) groups is 1. The second-order valence-corrected chi connectivity index (χ2v) is 4.46. The van der Waals surface area contributed by atoms with Crippen molar-refractivity contribution in [3.8, 4) is 0 Å². The lowest BCUT2D eigenvalue weighted by Crippen LogP contribution is -2.12. The van der Waals surface area contributed by atoms with Gasteiger partial charge in [0.1, 0.15) is 12.3 Å². The molecule has 1 aromatic carbocycles. The Hall–Kier alpha value is -2.62. The van der Waals surface area contributed by atoms with Crippen LogP contribution < -0.4 is 5.32 Å². The lowest BCUT2D eigenvalue weighted by Gasteiger charge is -2.08. The van der Waals surface area contributed by atoms with Gasteiger partial charge in [0.05, 0.1) is 0 Å². The van der Waals surface area contributed by atoms with Crippen LogP contribution in [0.15, 0.2) is 66.5 Å². The van der Waals surface area contributed by atoms with Gasteiger partial charge in [-0.3, -0.25) is 0 Å². The van der Waals surface area contributed by atoms with Crippen LogP contribution >= 0.6 is 0 Å². The van der Waals surface area contributed by atoms with Crippen molar-refractivity contribution in [3.05, 3.63) is 77.8 Å². The van der Waals surface area contributed by atoms with Crippen molar-refractivity contribution >= 4 is 5.97 Å². The summed E-state index contributed by atoms with van der Waals surface area (Å²) in [6, 6.07) is 15.3. The molecule has 108 valence electrons. The van der Waals surface area contributed by atoms with Crippen LogP contribution in [0.2, 0.25) is 0 Å². The fourth-order valence-corrected chi connectivity index (χ4v) is 1.85. The zero-order valence-corrected chi connectivity index (χ0v) is 12.0. The number of rotatable bonds is 6. The highest BCUT2D eigenvalue weighted by molar-refractivity contribution is 5.87. The molecule has 0 bridgehead atoms. The SMILES string of the molecule is CN/C(=C\COC(=O)c1ccccn1)Cc1ccccc1. The van der Waals surface area contributed by atoms with Crippen molar-refractivity contribution in [3.63, 3.8) is 0 Å². The number of hydrogen-bond donors (Lipinski definition) is 1. The van der Waals surface area contributed by atoms with E-state index in [0.29, 0.717) is 5.69 Å². The summed E-state index contributed by atoms with van der Waals surface area (Å²) < 4.78 is 5.18. The molecular formula is C17H18N2O2. The van der Waals surface area contributed by atoms with Crippen LogP contribution in [0.5, 0.6) is 0 Å². The average Bonchev–Trinajstić information content (AvgIpc) is 2.55. The Kier molecular flexibility index (Phi) is 5.52. The molecule has 4 nitrogen and oxygen atoms in total. The number of esters is 1. The van der Waals surface area contributed by atoms with Crippen LogP contribution in [0.1, 0.15) is 16.1 Å². The van der Waals surface area contributed by atoms with Crippen molar-refractivity contribution in [1.29, 1.82) is 0 Å². The number of likely N-dealkylation sites (N-methyl/N-ethyl adjacent to an activating group) is 1. The van der Waals surface area contributed by atoms with E-state index in [1.54, 1.807) is 24.4 Å². The van der Waals surface area contributed by atoms with E-state index in [-0.39, 0.29) is 6.61 Å². The first-order valence-electron chi connectivity index (χ1n) is 6.78. The van der Waals surface area contributed by atoms with Gasteiger partial charge in [0.25, 0.3) is 0 Å². The van der Waals surface area contributed by atoms with Crippen molar-refractivity contribution in [2.75, 3.05) is 13.7 Å². The summed E-state index contributed by atoms with van der Waals surface area (Å²) >= 11 is 0. The van der Waals surface area contributed by atoms with Gasteiger partial charge in [-0.1, -0.05) is 36.4 Å². The molecule has 1 heterocycles. The minimum Gasteiger partial charge on any atom is -0.457 e. The van der Waals surface area contributed by atoms with Crippen molar-refractivity contribution in [2.24, 2.45) is 0 Å². The number of ether oxygens (including phenoxy) is 1. The third-order valence-corrected chi connectivity index (χ3v) is 2.98. The van der Waals surface area contributed by atoms with Crippen molar-refractivity contribution in [2.45, 2.75) is 6.42 Å². The summed E-state index contributed by atoms with van der Waals surface area (Å²) in [5, 5.41) is 3.12. The predicted molar refractivity (Wildman–Crippen MR) is 81.8 cm³/mol. The maximum Gasteiger partial charge on any atom is 0.357 e. The van der Waals surface area contributed by atoms with Crippen molar-refractivity contribution < 1.29 is 9.53 Å². The van der Waals surface area contributed by atoms with Gasteiger partial charge in [-0.2, -0.15) is 0 Å². The number of allylic oxidation sites excluding steroid dienone is 1. The third kappa shape index (κ3) is 4.76. The Labute approximate surface area is 124 Å². The molecule has 0 atom stereocenters. The van der Waals surface area contributed by atoms with Crippen LogP contribution in [-0.2, 0) is 11.2 Å². The largest absolute Gasteiger partial charge is 0.457 e. The minimum absolute atomic E-state index is 0.221. The normalized spacial score (nSPS) is 11.0. The van der Waals surface area contributed by atoms with E-state index in [1.807, 2.05) is 31.3 Å². The van der Waals surface area contributed by atoms with Crippen LogP contribution in [0.3, 0.4) is 0 Å². The number of aromatic nitrogens is 1. The van der Waals surface area contributed by atoms with Gasteiger partial charge in [0.2, 0.25) is 0 Å². The highest BCUT2D eigenvalue weighted by Crippen LogP contribution is 2.05. The Morgan fingerprint density at radius 3 is 2.62 bits per heavy atom. The van der Waals surface area contributed by atoms with Crippen molar-refractivity contribution in [1.82, 2.24) is 10.3 Å². The standard InChI is InChI=1S/C17H18N2O2/c1-18-15(13-14-7-3-2-4-8-14)10-12-21-17(20)16-9-5-6-11-19-16/h2-11,18H,12-13H2,1H3/b15-10-. The van der Waals surface area contributed by atoms with Gasteiger partial charge >= 0.3 is 5.97 Å². The highest BCUT2D eigenvalue weighted by Gasteiger charge is 2.06. The van der Waals surface area contributed by atoms with Gasteiger partial charge in [0, 0.05) is 25.4 Å². The summed E-state index contributed by atoms with van der Waals surface area (Å²) in [6.45, 7) is 0.221. The van der Waals surface area contributed by atoms with E-state index >= 15 is 0 Å². The number of nitrogens with zero attached hydrogens (tertiary/aromatic N) is 1. The summed E-state index contributed by atoms with van der Waals surface area (Å²) in [7, 11) is 1.86. The molecule has 2 aromatic rings. The lowest BCUT2D eigenvalue weighted by molar-refractivity contribution is 0.0542. The highest BCUT2D eigenvalue weighted by atomic mass is 16.5. The third-order valence-electron chi connectivity index (χ3n) is 2.98. The van der Waals surface area contributed by atoms with E-state index < -0.39 is 5.97 Å². The molecule has 0 radical (unpaired) electrons. The first-order chi connectivity index (χ1) is 10.3. The number of benzene rings is 1. The maximum absolute atomic E-state index is 11.7. The molecule has 0 aliphatic heterocycles. The smallest absolute Gasteiger partial charge is 0.357 e. The average molecular weight is 282 g/mol. The summed E-state index contributed by atoms with van der Waals surface area (Å²) in [5.74, 6) is -0.415. The summed E-state index contributed by atoms with van der Waals surface area (Å²) in [6.07, 6.45) is 4.22. The van der Waals surface area contributed by atoms with Gasteiger partial charge in [-0.05, 0) is 23.8 Å². The Morgan fingerprint density at radius 2 is 1.95 bits per heavy atom. The fourth-order valence-electron chi connectivity index (χ4n) is 1.85. The predicted octanol–water partition coefficient (Wildman–Crippen LogP) is 2.58. The molecule has 0 aliphatic carbocycles. The number of pyridine rings is 1. The van der Waals surface area contributed by atoms with E-state index in [9.17, 15) is 4.79 Å². The minimum atomic E-state index is -0.415. The zero-order chi connectivity index (χ0) is 14.9. The quantitative estimate of drug-likeness (QED) is 0.827. The van der Waals surface area contributed by atoms with Crippen LogP contribution in [0.4, 0.5) is 0 Å². The lowest BCUT2D eigenvalue weighted by atomic mass is 10.1. The number of hydrogen-bond acceptors (Lipinski definition) is 4. The van der Waals surface area contributed by atoms with Crippen LogP contribution in [0, 0.1) is 0 Å². The van der Waals surface area contributed by atoms with E-state index in [4.69, 9.17) is 4.74 Å². The van der Waals surface area contributed by atoms with Gasteiger partial charge in [-0.25, -0.2) is 9.78 Å². The first kappa shape index (κ1) is 14.8. The summed E-state index contributed by atoms with van der Waals surface area (Å²) in [4.78, 5) is 15.7. The molecular weight excluding hydrogens is 264 g/mol. The molecule has 21 heavy (non-hydrogen) atoms. The number of carbonyl (C=O) groups excluding carboxylic acids is 1. The molecule has 1 N–H and O–H groups in total. The molecule has 0 saturated heterocycles. The van der Waals surface area contributed by atoms with E-state index in [1.165, 1.54) is 5.56 Å². The second kappa shape index (κ2) is 7.85. The van der Waals surface area contributed by atoms with Crippen LogP contribution in [0.25, 0.3) is 0 Å². The molecule has 0 amide bonds. The molecule has 0 aliphatic rings.